The van der Waals surface area contributed by atoms with E-state index in [0.29, 0.717) is 18.1 Å². The number of halogens is 1. The number of aryl methyl sites for hydroxylation is 1. The Kier molecular flexibility index (Phi) is 7.36. The smallest absolute Gasteiger partial charge is 0.306 e. The van der Waals surface area contributed by atoms with Gasteiger partial charge >= 0.3 is 5.97 Å². The van der Waals surface area contributed by atoms with Gasteiger partial charge in [0.25, 0.3) is 5.91 Å². The lowest BCUT2D eigenvalue weighted by Crippen LogP contribution is -2.42. The molecule has 0 radical (unpaired) electrons. The van der Waals surface area contributed by atoms with Crippen LogP contribution in [-0.4, -0.2) is 30.6 Å². The molecule has 0 saturated carbocycles. The van der Waals surface area contributed by atoms with Crippen molar-refractivity contribution in [3.8, 4) is 5.75 Å². The van der Waals surface area contributed by atoms with E-state index in [1.54, 1.807) is 12.1 Å². The van der Waals surface area contributed by atoms with Crippen molar-refractivity contribution in [2.45, 2.75) is 46.1 Å². The summed E-state index contributed by atoms with van der Waals surface area (Å²) in [5, 5.41) is 3.38. The molecule has 5 nitrogen and oxygen atoms in total. The minimum atomic E-state index is -0.412. The van der Waals surface area contributed by atoms with Crippen LogP contribution in [0.15, 0.2) is 18.2 Å². The summed E-state index contributed by atoms with van der Waals surface area (Å²) in [6.07, 6.45) is 0.719. The Hall–Kier alpha value is -1.75. The maximum Gasteiger partial charge on any atom is 0.306 e. The van der Waals surface area contributed by atoms with Gasteiger partial charge in [0.15, 0.2) is 6.61 Å². The summed E-state index contributed by atoms with van der Waals surface area (Å²) in [4.78, 5) is 23.1. The monoisotopic (exact) mass is 341 g/mol. The molecule has 128 valence electrons. The van der Waals surface area contributed by atoms with Gasteiger partial charge in [0.2, 0.25) is 0 Å². The molecular weight excluding hydrogens is 318 g/mol. The molecule has 0 fully saturated rings. The molecule has 1 rings (SSSR count). The number of ether oxygens (including phenoxy) is 2. The molecule has 1 N–H and O–H groups in total. The standard InChI is InChI=1S/C17H24ClNO4/c1-12-10-13(18)7-8-14(12)22-9-5-6-16(21)23-11-15(20)19-17(2,3)4/h7-8,10H,5-6,9,11H2,1-4H3,(H,19,20). The zero-order valence-corrected chi connectivity index (χ0v) is 14.8. The van der Waals surface area contributed by atoms with E-state index < -0.39 is 5.97 Å². The van der Waals surface area contributed by atoms with Crippen molar-refractivity contribution in [1.29, 1.82) is 0 Å². The molecule has 23 heavy (non-hydrogen) atoms. The van der Waals surface area contributed by atoms with E-state index in [1.165, 1.54) is 0 Å². The molecule has 0 heterocycles. The van der Waals surface area contributed by atoms with E-state index in [1.807, 2.05) is 33.8 Å². The van der Waals surface area contributed by atoms with Crippen LogP contribution in [0.1, 0.15) is 39.2 Å². The lowest BCUT2D eigenvalue weighted by molar-refractivity contribution is -0.149. The number of carbonyl (C=O) groups excluding carboxylic acids is 2. The quantitative estimate of drug-likeness (QED) is 0.610. The van der Waals surface area contributed by atoms with Crippen molar-refractivity contribution in [3.63, 3.8) is 0 Å². The Morgan fingerprint density at radius 1 is 1.26 bits per heavy atom. The number of amides is 1. The molecule has 0 aliphatic rings. The highest BCUT2D eigenvalue weighted by Gasteiger charge is 2.15. The van der Waals surface area contributed by atoms with Crippen molar-refractivity contribution >= 4 is 23.5 Å². The Morgan fingerprint density at radius 2 is 1.96 bits per heavy atom. The number of nitrogens with one attached hydrogen (secondary N) is 1. The second-order valence-electron chi connectivity index (χ2n) is 6.32. The topological polar surface area (TPSA) is 64.6 Å². The minimum absolute atomic E-state index is 0.204. The maximum absolute atomic E-state index is 11.6. The van der Waals surface area contributed by atoms with E-state index in [0.717, 1.165) is 11.3 Å². The van der Waals surface area contributed by atoms with Crippen molar-refractivity contribution in [2.24, 2.45) is 0 Å². The number of hydrogen-bond acceptors (Lipinski definition) is 4. The van der Waals surface area contributed by atoms with Gasteiger partial charge in [-0.2, -0.15) is 0 Å². The highest BCUT2D eigenvalue weighted by molar-refractivity contribution is 6.30. The second kappa shape index (κ2) is 8.77. The van der Waals surface area contributed by atoms with Gasteiger partial charge in [-0.15, -0.1) is 0 Å². The third-order valence-corrected chi connectivity index (χ3v) is 3.03. The van der Waals surface area contributed by atoms with Crippen LogP contribution >= 0.6 is 11.6 Å². The predicted molar refractivity (Wildman–Crippen MR) is 89.8 cm³/mol. The first-order chi connectivity index (χ1) is 10.7. The molecular formula is C17H24ClNO4. The van der Waals surface area contributed by atoms with Crippen molar-refractivity contribution in [1.82, 2.24) is 5.32 Å². The van der Waals surface area contributed by atoms with Crippen LogP contribution in [0.2, 0.25) is 5.02 Å². The van der Waals surface area contributed by atoms with Crippen LogP contribution in [0.3, 0.4) is 0 Å². The van der Waals surface area contributed by atoms with Crippen molar-refractivity contribution in [3.05, 3.63) is 28.8 Å². The van der Waals surface area contributed by atoms with E-state index in [-0.39, 0.29) is 24.5 Å². The third-order valence-electron chi connectivity index (χ3n) is 2.80. The summed E-state index contributed by atoms with van der Waals surface area (Å²) < 4.78 is 10.5. The van der Waals surface area contributed by atoms with E-state index in [4.69, 9.17) is 21.1 Å². The van der Waals surface area contributed by atoms with Crippen LogP contribution in [-0.2, 0) is 14.3 Å². The fraction of sp³-hybridized carbons (Fsp3) is 0.529. The third kappa shape index (κ3) is 8.45. The first-order valence-electron chi connectivity index (χ1n) is 7.53. The summed E-state index contributed by atoms with van der Waals surface area (Å²) in [5.74, 6) is 0.0247. The summed E-state index contributed by atoms with van der Waals surface area (Å²) in [7, 11) is 0. The summed E-state index contributed by atoms with van der Waals surface area (Å²) in [6, 6.07) is 5.37. The van der Waals surface area contributed by atoms with Gasteiger partial charge in [0, 0.05) is 17.0 Å². The van der Waals surface area contributed by atoms with Crippen LogP contribution in [0.5, 0.6) is 5.75 Å². The molecule has 0 unspecified atom stereocenters. The van der Waals surface area contributed by atoms with Crippen LogP contribution < -0.4 is 10.1 Å². The normalized spacial score (nSPS) is 11.0. The molecule has 0 aromatic heterocycles. The Labute approximate surface area is 142 Å². The Balaban J connectivity index is 2.20. The van der Waals surface area contributed by atoms with Gasteiger partial charge in [-0.3, -0.25) is 9.59 Å². The second-order valence-corrected chi connectivity index (χ2v) is 6.76. The fourth-order valence-electron chi connectivity index (χ4n) is 1.85. The maximum atomic E-state index is 11.6. The van der Waals surface area contributed by atoms with Gasteiger partial charge in [-0.1, -0.05) is 11.6 Å². The summed E-state index contributed by atoms with van der Waals surface area (Å²) >= 11 is 5.87. The van der Waals surface area contributed by atoms with Gasteiger partial charge in [-0.05, 0) is 57.9 Å². The van der Waals surface area contributed by atoms with Crippen molar-refractivity contribution < 1.29 is 19.1 Å². The SMILES string of the molecule is Cc1cc(Cl)ccc1OCCCC(=O)OCC(=O)NC(C)(C)C. The number of rotatable bonds is 7. The number of esters is 1. The van der Waals surface area contributed by atoms with E-state index >= 15 is 0 Å². The van der Waals surface area contributed by atoms with Crippen molar-refractivity contribution in [2.75, 3.05) is 13.2 Å². The fourth-order valence-corrected chi connectivity index (χ4v) is 2.07. The molecule has 0 bridgehead atoms. The highest BCUT2D eigenvalue weighted by atomic mass is 35.5. The summed E-state index contributed by atoms with van der Waals surface area (Å²) in [5.41, 5.74) is 0.604. The van der Waals surface area contributed by atoms with E-state index in [2.05, 4.69) is 5.32 Å². The molecule has 0 aliphatic heterocycles. The van der Waals surface area contributed by atoms with Crippen LogP contribution in [0.25, 0.3) is 0 Å². The first-order valence-corrected chi connectivity index (χ1v) is 7.91. The number of carbonyl (C=O) groups is 2. The lowest BCUT2D eigenvalue weighted by Gasteiger charge is -2.20. The van der Waals surface area contributed by atoms with Crippen LogP contribution in [0.4, 0.5) is 0 Å². The lowest BCUT2D eigenvalue weighted by atomic mass is 10.1. The molecule has 0 atom stereocenters. The van der Waals surface area contributed by atoms with Crippen LogP contribution in [0, 0.1) is 6.92 Å². The van der Waals surface area contributed by atoms with Gasteiger partial charge < -0.3 is 14.8 Å². The minimum Gasteiger partial charge on any atom is -0.493 e. The average Bonchev–Trinajstić information content (AvgIpc) is 2.41. The zero-order valence-electron chi connectivity index (χ0n) is 14.1. The Morgan fingerprint density at radius 3 is 2.57 bits per heavy atom. The largest absolute Gasteiger partial charge is 0.493 e. The average molecular weight is 342 g/mol. The first kappa shape index (κ1) is 19.3. The van der Waals surface area contributed by atoms with Gasteiger partial charge in [0.05, 0.1) is 6.61 Å². The van der Waals surface area contributed by atoms with Gasteiger partial charge in [-0.25, -0.2) is 0 Å². The zero-order chi connectivity index (χ0) is 17.5. The molecule has 6 heteroatoms. The molecule has 0 spiro atoms. The summed E-state index contributed by atoms with van der Waals surface area (Å²) in [6.45, 7) is 7.64. The molecule has 1 amide bonds. The van der Waals surface area contributed by atoms with Gasteiger partial charge in [0.1, 0.15) is 5.75 Å². The molecule has 1 aromatic rings. The predicted octanol–water partition coefficient (Wildman–Crippen LogP) is 3.27. The molecule has 0 aliphatic carbocycles. The molecule has 0 saturated heterocycles. The molecule has 1 aromatic carbocycles. The number of hydrogen-bond donors (Lipinski definition) is 1. The highest BCUT2D eigenvalue weighted by Crippen LogP contribution is 2.21. The Bertz CT molecular complexity index is 552. The number of benzene rings is 1. The van der Waals surface area contributed by atoms with E-state index in [9.17, 15) is 9.59 Å².